The fraction of sp³-hybridized carbons (Fsp3) is 0.409. The zero-order valence-electron chi connectivity index (χ0n) is 17.7. The van der Waals surface area contributed by atoms with E-state index in [4.69, 9.17) is 9.84 Å². The van der Waals surface area contributed by atoms with Crippen molar-refractivity contribution in [2.45, 2.75) is 33.4 Å². The normalized spacial score (nSPS) is 11.2. The van der Waals surface area contributed by atoms with Gasteiger partial charge >= 0.3 is 11.7 Å². The molecular formula is C22H27N3O5S. The van der Waals surface area contributed by atoms with Crippen molar-refractivity contribution >= 4 is 27.5 Å². The number of hydrogen-bond acceptors (Lipinski definition) is 7. The lowest BCUT2D eigenvalue weighted by Gasteiger charge is -2.12. The summed E-state index contributed by atoms with van der Waals surface area (Å²) < 4.78 is 7.92. The number of ether oxygens (including phenoxy) is 1. The number of nitrogens with one attached hydrogen (secondary N) is 1. The first-order chi connectivity index (χ1) is 15.0. The molecule has 1 aromatic carbocycles. The molecule has 0 bridgehead atoms. The van der Waals surface area contributed by atoms with Crippen LogP contribution < -0.4 is 16.6 Å². The Labute approximate surface area is 183 Å². The second-order valence-electron chi connectivity index (χ2n) is 7.06. The number of aryl methyl sites for hydroxylation is 3. The number of carbonyl (C=O) groups is 1. The monoisotopic (exact) mass is 445 g/mol. The molecule has 0 aliphatic rings. The molecule has 31 heavy (non-hydrogen) atoms. The molecule has 0 amide bonds. The van der Waals surface area contributed by atoms with Gasteiger partial charge in [0.15, 0.2) is 0 Å². The summed E-state index contributed by atoms with van der Waals surface area (Å²) in [5.74, 6) is -0.487. The second-order valence-corrected chi connectivity index (χ2v) is 8.06. The number of thiophene rings is 1. The Balaban J connectivity index is 2.11. The molecule has 2 N–H and O–H groups in total. The Kier molecular flexibility index (Phi) is 7.78. The van der Waals surface area contributed by atoms with Crippen molar-refractivity contribution in [3.05, 3.63) is 67.2 Å². The van der Waals surface area contributed by atoms with Gasteiger partial charge in [0.05, 0.1) is 18.6 Å². The van der Waals surface area contributed by atoms with Crippen LogP contribution in [0.15, 0.2) is 39.9 Å². The minimum atomic E-state index is -0.487. The lowest BCUT2D eigenvalue weighted by molar-refractivity contribution is 0.0531. The van der Waals surface area contributed by atoms with Crippen molar-refractivity contribution in [2.24, 2.45) is 0 Å². The molecule has 166 valence electrons. The third-order valence-corrected chi connectivity index (χ3v) is 6.32. The number of carbonyl (C=O) groups excluding carboxylic acids is 1. The summed E-state index contributed by atoms with van der Waals surface area (Å²) in [6.07, 6.45) is 0.614. The molecule has 0 saturated carbocycles. The van der Waals surface area contributed by atoms with Crippen LogP contribution in [-0.4, -0.2) is 46.5 Å². The molecule has 9 heteroatoms. The molecule has 0 aliphatic heterocycles. The Hall–Kier alpha value is -2.75. The Bertz CT molecular complexity index is 1160. The van der Waals surface area contributed by atoms with Gasteiger partial charge in [-0.1, -0.05) is 30.3 Å². The highest BCUT2D eigenvalue weighted by atomic mass is 32.1. The first kappa shape index (κ1) is 22.9. The van der Waals surface area contributed by atoms with Crippen molar-refractivity contribution in [1.29, 1.82) is 0 Å². The van der Waals surface area contributed by atoms with E-state index < -0.39 is 17.2 Å². The Morgan fingerprint density at radius 3 is 2.55 bits per heavy atom. The van der Waals surface area contributed by atoms with Crippen LogP contribution in [0.3, 0.4) is 0 Å². The van der Waals surface area contributed by atoms with Gasteiger partial charge in [-0.3, -0.25) is 13.9 Å². The number of hydrogen-bond donors (Lipinski definition) is 2. The molecule has 3 rings (SSSR count). The lowest BCUT2D eigenvalue weighted by Crippen LogP contribution is -2.42. The lowest BCUT2D eigenvalue weighted by atomic mass is 10.1. The molecule has 8 nitrogen and oxygen atoms in total. The largest absolute Gasteiger partial charge is 0.462 e. The maximum absolute atomic E-state index is 13.2. The standard InChI is InChI=1S/C22H27N3O5S/c1-3-30-21(28)18-15(2)17-19(27)24(13-10-23-11-14-26)22(29)25(20(17)31-18)12-9-16-7-5-4-6-8-16/h4-8,23,26H,3,9-14H2,1-2H3. The third-order valence-electron chi connectivity index (χ3n) is 5.02. The highest BCUT2D eigenvalue weighted by molar-refractivity contribution is 7.20. The summed E-state index contributed by atoms with van der Waals surface area (Å²) in [6.45, 7) is 4.94. The summed E-state index contributed by atoms with van der Waals surface area (Å²) in [5.41, 5.74) is 0.791. The molecule has 0 aliphatic carbocycles. The SMILES string of the molecule is CCOC(=O)c1sc2c(c1C)c(=O)n(CCNCCO)c(=O)n2CCc1ccccc1. The average Bonchev–Trinajstić information content (AvgIpc) is 3.11. The van der Waals surface area contributed by atoms with E-state index in [-0.39, 0.29) is 19.8 Å². The number of benzene rings is 1. The van der Waals surface area contributed by atoms with Gasteiger partial charge in [-0.15, -0.1) is 11.3 Å². The number of esters is 1. The first-order valence-electron chi connectivity index (χ1n) is 10.3. The highest BCUT2D eigenvalue weighted by Crippen LogP contribution is 2.28. The quantitative estimate of drug-likeness (QED) is 0.363. The van der Waals surface area contributed by atoms with E-state index in [1.807, 2.05) is 30.3 Å². The number of nitrogens with zero attached hydrogens (tertiary/aromatic N) is 2. The van der Waals surface area contributed by atoms with E-state index >= 15 is 0 Å². The van der Waals surface area contributed by atoms with Gasteiger partial charge in [0.1, 0.15) is 9.71 Å². The maximum Gasteiger partial charge on any atom is 0.348 e. The highest BCUT2D eigenvalue weighted by Gasteiger charge is 2.23. The molecule has 2 aromatic heterocycles. The molecule has 0 atom stereocenters. The number of aliphatic hydroxyl groups excluding tert-OH is 1. The van der Waals surface area contributed by atoms with Crippen molar-refractivity contribution in [1.82, 2.24) is 14.5 Å². The third kappa shape index (κ3) is 4.95. The first-order valence-corrected chi connectivity index (χ1v) is 11.1. The molecule has 0 spiro atoms. The fourth-order valence-electron chi connectivity index (χ4n) is 3.46. The molecule has 2 heterocycles. The van der Waals surface area contributed by atoms with Gasteiger partial charge < -0.3 is 15.2 Å². The van der Waals surface area contributed by atoms with E-state index in [2.05, 4.69) is 5.32 Å². The maximum atomic E-state index is 13.2. The number of aliphatic hydroxyl groups is 1. The van der Waals surface area contributed by atoms with Gasteiger partial charge in [-0.25, -0.2) is 9.59 Å². The van der Waals surface area contributed by atoms with Crippen molar-refractivity contribution in [3.8, 4) is 0 Å². The number of fused-ring (bicyclic) bond motifs is 1. The van der Waals surface area contributed by atoms with Crippen LogP contribution in [0.4, 0.5) is 0 Å². The summed E-state index contributed by atoms with van der Waals surface area (Å²) in [6, 6.07) is 9.79. The van der Waals surface area contributed by atoms with E-state index in [0.29, 0.717) is 46.7 Å². The predicted molar refractivity (Wildman–Crippen MR) is 121 cm³/mol. The van der Waals surface area contributed by atoms with Crippen molar-refractivity contribution in [2.75, 3.05) is 26.3 Å². The summed E-state index contributed by atoms with van der Waals surface area (Å²) >= 11 is 1.13. The molecule has 0 saturated heterocycles. The van der Waals surface area contributed by atoms with Crippen LogP contribution in [0.25, 0.3) is 10.2 Å². The minimum Gasteiger partial charge on any atom is -0.462 e. The van der Waals surface area contributed by atoms with Crippen LogP contribution >= 0.6 is 11.3 Å². The van der Waals surface area contributed by atoms with Crippen molar-refractivity contribution < 1.29 is 14.6 Å². The van der Waals surface area contributed by atoms with Gasteiger partial charge in [0, 0.05) is 26.2 Å². The van der Waals surface area contributed by atoms with Crippen molar-refractivity contribution in [3.63, 3.8) is 0 Å². The van der Waals surface area contributed by atoms with Gasteiger partial charge in [-0.05, 0) is 31.4 Å². The smallest absolute Gasteiger partial charge is 0.348 e. The summed E-state index contributed by atoms with van der Waals surface area (Å²) in [4.78, 5) is 39.7. The topological polar surface area (TPSA) is 103 Å². The van der Waals surface area contributed by atoms with Gasteiger partial charge in [0.2, 0.25) is 0 Å². The van der Waals surface area contributed by atoms with Crippen LogP contribution in [0.5, 0.6) is 0 Å². The second kappa shape index (κ2) is 10.5. The fourth-order valence-corrected chi connectivity index (χ4v) is 4.67. The predicted octanol–water partition coefficient (Wildman–Crippen LogP) is 1.53. The van der Waals surface area contributed by atoms with Gasteiger partial charge in [0.25, 0.3) is 5.56 Å². The van der Waals surface area contributed by atoms with E-state index in [0.717, 1.165) is 16.9 Å². The summed E-state index contributed by atoms with van der Waals surface area (Å²) in [7, 11) is 0. The van der Waals surface area contributed by atoms with Gasteiger partial charge in [-0.2, -0.15) is 0 Å². The molecule has 3 aromatic rings. The average molecular weight is 446 g/mol. The zero-order valence-corrected chi connectivity index (χ0v) is 18.5. The summed E-state index contributed by atoms with van der Waals surface area (Å²) in [5, 5.41) is 12.3. The van der Waals surface area contributed by atoms with E-state index in [9.17, 15) is 14.4 Å². The minimum absolute atomic E-state index is 0.0260. The Morgan fingerprint density at radius 2 is 1.87 bits per heavy atom. The molecular weight excluding hydrogens is 418 g/mol. The number of rotatable bonds is 10. The van der Waals surface area contributed by atoms with Crippen LogP contribution in [-0.2, 0) is 24.2 Å². The number of aromatic nitrogens is 2. The molecule has 0 unspecified atom stereocenters. The van der Waals surface area contributed by atoms with E-state index in [1.54, 1.807) is 18.4 Å². The zero-order chi connectivity index (χ0) is 22.4. The van der Waals surface area contributed by atoms with Crippen LogP contribution in [0.1, 0.15) is 27.7 Å². The van der Waals surface area contributed by atoms with Crippen LogP contribution in [0, 0.1) is 6.92 Å². The molecule has 0 radical (unpaired) electrons. The molecule has 0 fully saturated rings. The Morgan fingerprint density at radius 1 is 1.13 bits per heavy atom. The van der Waals surface area contributed by atoms with Crippen LogP contribution in [0.2, 0.25) is 0 Å². The van der Waals surface area contributed by atoms with E-state index in [1.165, 1.54) is 4.57 Å².